The van der Waals surface area contributed by atoms with E-state index >= 15 is 0 Å². The highest BCUT2D eigenvalue weighted by molar-refractivity contribution is 7.60. The van der Waals surface area contributed by atoms with Crippen LogP contribution in [0, 0.1) is 0 Å². The Morgan fingerprint density at radius 3 is 2.42 bits per heavy atom. The van der Waals surface area contributed by atoms with Crippen LogP contribution in [-0.2, 0) is 0 Å². The minimum Gasteiger partial charge on any atom is -0.322 e. The zero-order chi connectivity index (χ0) is 9.78. The van der Waals surface area contributed by atoms with Crippen LogP contribution in [0.5, 0.6) is 0 Å². The van der Waals surface area contributed by atoms with Crippen molar-refractivity contribution in [2.75, 3.05) is 0 Å². The molecule has 70 valence electrons. The molecule has 12 heavy (non-hydrogen) atoms. The van der Waals surface area contributed by atoms with E-state index in [1.54, 1.807) is 0 Å². The minimum atomic E-state index is -0.300. The summed E-state index contributed by atoms with van der Waals surface area (Å²) in [7, 11) is -0.300. The van der Waals surface area contributed by atoms with Gasteiger partial charge in [-0.1, -0.05) is 24.6 Å². The maximum Gasteiger partial charge on any atom is 0.0287 e. The monoisotopic (exact) mass is 185 g/mol. The highest BCUT2D eigenvalue weighted by Gasteiger charge is 2.02. The van der Waals surface area contributed by atoms with Crippen molar-refractivity contribution in [3.8, 4) is 0 Å². The van der Waals surface area contributed by atoms with Crippen molar-refractivity contribution in [2.24, 2.45) is 5.73 Å². The van der Waals surface area contributed by atoms with Crippen molar-refractivity contribution in [2.45, 2.75) is 39.7 Å². The van der Waals surface area contributed by atoms with Gasteiger partial charge in [0.1, 0.15) is 0 Å². The van der Waals surface area contributed by atoms with Crippen LogP contribution in [0.2, 0.25) is 0 Å². The molecular formula is C10H20NP. The van der Waals surface area contributed by atoms with Gasteiger partial charge >= 0.3 is 0 Å². The van der Waals surface area contributed by atoms with E-state index in [1.807, 2.05) is 19.9 Å². The van der Waals surface area contributed by atoms with Gasteiger partial charge in [-0.3, -0.25) is 0 Å². The first kappa shape index (κ1) is 11.7. The second-order valence-corrected chi connectivity index (χ2v) is 5.70. The largest absolute Gasteiger partial charge is 0.322 e. The van der Waals surface area contributed by atoms with Crippen molar-refractivity contribution >= 4 is 18.8 Å². The summed E-state index contributed by atoms with van der Waals surface area (Å²) in [4.78, 5) is 0. The van der Waals surface area contributed by atoms with Gasteiger partial charge < -0.3 is 5.73 Å². The fraction of sp³-hybridized carbons (Fsp3) is 0.600. The number of rotatable bonds is 3. The van der Waals surface area contributed by atoms with E-state index < -0.39 is 0 Å². The van der Waals surface area contributed by atoms with E-state index in [1.165, 1.54) is 5.29 Å². The third-order valence-corrected chi connectivity index (χ3v) is 3.49. The molecule has 0 heterocycles. The van der Waals surface area contributed by atoms with E-state index in [4.69, 9.17) is 5.73 Å². The van der Waals surface area contributed by atoms with Crippen molar-refractivity contribution in [3.63, 3.8) is 0 Å². The standard InChI is InChI=1S/C10H20NP/c1-6-9(2)12(5)8-7-10(3,4)11/h7-8H,5-6,11H2,1-4H3/b8-7-. The predicted octanol–water partition coefficient (Wildman–Crippen LogP) is 2.75. The molecular weight excluding hydrogens is 165 g/mol. The average Bonchev–Trinajstić information content (AvgIpc) is 1.97. The summed E-state index contributed by atoms with van der Waals surface area (Å²) >= 11 is 0. The SMILES string of the molecule is C=P(/C=C\C(C)(C)N)=C(\C)CC. The number of hydrogen-bond acceptors (Lipinski definition) is 1. The molecule has 0 bridgehead atoms. The van der Waals surface area contributed by atoms with Crippen molar-refractivity contribution in [3.05, 3.63) is 11.9 Å². The molecule has 0 rings (SSSR count). The zero-order valence-electron chi connectivity index (χ0n) is 8.59. The highest BCUT2D eigenvalue weighted by atomic mass is 31.1. The number of nitrogens with two attached hydrogens (primary N) is 1. The fourth-order valence-corrected chi connectivity index (χ4v) is 1.84. The molecule has 0 aromatic carbocycles. The van der Waals surface area contributed by atoms with E-state index in [-0.39, 0.29) is 12.7 Å². The first-order valence-corrected chi connectivity index (χ1v) is 5.87. The van der Waals surface area contributed by atoms with Crippen LogP contribution in [0.25, 0.3) is 0 Å². The molecule has 0 radical (unpaired) electrons. The summed E-state index contributed by atoms with van der Waals surface area (Å²) in [5.74, 6) is 2.15. The Kier molecular flexibility index (Phi) is 4.59. The Bertz CT molecular complexity index is 237. The van der Waals surface area contributed by atoms with Gasteiger partial charge in [-0.15, -0.1) is 7.17 Å². The lowest BCUT2D eigenvalue weighted by atomic mass is 10.1. The second kappa shape index (κ2) is 4.69. The van der Waals surface area contributed by atoms with Gasteiger partial charge in [-0.25, -0.2) is 0 Å². The molecule has 0 saturated heterocycles. The van der Waals surface area contributed by atoms with E-state index in [0.29, 0.717) is 0 Å². The maximum absolute atomic E-state index is 5.81. The van der Waals surface area contributed by atoms with Gasteiger partial charge in [-0.05, 0) is 33.0 Å². The predicted molar refractivity (Wildman–Crippen MR) is 62.4 cm³/mol. The Labute approximate surface area is 76.7 Å². The Hall–Kier alpha value is -0.260. The summed E-state index contributed by atoms with van der Waals surface area (Å²) < 4.78 is 0. The van der Waals surface area contributed by atoms with Gasteiger partial charge in [0.05, 0.1) is 0 Å². The Morgan fingerprint density at radius 2 is 2.08 bits per heavy atom. The highest BCUT2D eigenvalue weighted by Crippen LogP contribution is 2.15. The van der Waals surface area contributed by atoms with E-state index in [2.05, 4.69) is 26.0 Å². The summed E-state index contributed by atoms with van der Waals surface area (Å²) in [6.45, 7) is 8.31. The quantitative estimate of drug-likeness (QED) is 0.672. The van der Waals surface area contributed by atoms with Gasteiger partial charge in [0.25, 0.3) is 0 Å². The van der Waals surface area contributed by atoms with Gasteiger partial charge in [0, 0.05) is 5.54 Å². The lowest BCUT2D eigenvalue weighted by molar-refractivity contribution is 0.655. The number of hydrogen-bond donors (Lipinski definition) is 1. The van der Waals surface area contributed by atoms with Gasteiger partial charge in [-0.2, -0.15) is 0 Å². The minimum absolute atomic E-state index is 0.202. The van der Waals surface area contributed by atoms with Crippen LogP contribution in [0.15, 0.2) is 11.9 Å². The topological polar surface area (TPSA) is 26.0 Å². The fourth-order valence-electron chi connectivity index (χ4n) is 0.612. The molecule has 0 spiro atoms. The van der Waals surface area contributed by atoms with Crippen LogP contribution >= 0.6 is 7.17 Å². The molecule has 0 amide bonds. The Balaban J connectivity index is 4.49. The molecule has 0 aliphatic heterocycles. The van der Waals surface area contributed by atoms with Crippen molar-refractivity contribution < 1.29 is 0 Å². The normalized spacial score (nSPS) is 15.1. The molecule has 1 atom stereocenters. The van der Waals surface area contributed by atoms with Crippen molar-refractivity contribution in [1.82, 2.24) is 0 Å². The molecule has 1 unspecified atom stereocenters. The molecule has 1 nitrogen and oxygen atoms in total. The van der Waals surface area contributed by atoms with E-state index in [0.717, 1.165) is 6.42 Å². The van der Waals surface area contributed by atoms with Gasteiger partial charge in [0.15, 0.2) is 0 Å². The molecule has 2 N–H and O–H groups in total. The smallest absolute Gasteiger partial charge is 0.0287 e. The maximum atomic E-state index is 5.81. The summed E-state index contributed by atoms with van der Waals surface area (Å²) in [5, 5.41) is 1.46. The van der Waals surface area contributed by atoms with Crippen LogP contribution in [0.1, 0.15) is 34.1 Å². The molecule has 0 fully saturated rings. The third-order valence-electron chi connectivity index (χ3n) is 1.69. The summed E-state index contributed by atoms with van der Waals surface area (Å²) in [6, 6.07) is 0. The lowest BCUT2D eigenvalue weighted by Crippen LogP contribution is -2.28. The summed E-state index contributed by atoms with van der Waals surface area (Å²) in [5.41, 5.74) is 5.61. The van der Waals surface area contributed by atoms with Gasteiger partial charge in [0.2, 0.25) is 0 Å². The molecule has 0 aromatic heterocycles. The van der Waals surface area contributed by atoms with Crippen LogP contribution < -0.4 is 5.73 Å². The van der Waals surface area contributed by atoms with E-state index in [9.17, 15) is 0 Å². The third kappa shape index (κ3) is 5.40. The zero-order valence-corrected chi connectivity index (χ0v) is 9.49. The molecule has 0 aromatic rings. The first-order chi connectivity index (χ1) is 5.37. The second-order valence-electron chi connectivity index (χ2n) is 3.70. The Morgan fingerprint density at radius 1 is 1.58 bits per heavy atom. The molecule has 2 heteroatoms. The lowest BCUT2D eigenvalue weighted by Gasteiger charge is -2.11. The van der Waals surface area contributed by atoms with Crippen LogP contribution in [0.3, 0.4) is 0 Å². The average molecular weight is 185 g/mol. The van der Waals surface area contributed by atoms with Crippen LogP contribution in [0.4, 0.5) is 0 Å². The van der Waals surface area contributed by atoms with Crippen molar-refractivity contribution in [1.29, 1.82) is 0 Å². The molecule has 0 saturated carbocycles. The molecule has 0 aliphatic rings. The first-order valence-electron chi connectivity index (χ1n) is 4.27. The van der Waals surface area contributed by atoms with Crippen LogP contribution in [-0.4, -0.2) is 17.1 Å². The molecule has 0 aliphatic carbocycles. The summed E-state index contributed by atoms with van der Waals surface area (Å²) in [6.07, 6.45) is 7.26.